The van der Waals surface area contributed by atoms with Gasteiger partial charge in [-0.1, -0.05) is 31.2 Å². The quantitative estimate of drug-likeness (QED) is 0.771. The molecule has 0 atom stereocenters. The Labute approximate surface area is 115 Å². The third-order valence-corrected chi connectivity index (χ3v) is 2.62. The maximum absolute atomic E-state index is 5.75. The zero-order valence-electron chi connectivity index (χ0n) is 11.4. The molecule has 0 aliphatic rings. The van der Waals surface area contributed by atoms with E-state index in [1.54, 1.807) is 0 Å². The van der Waals surface area contributed by atoms with Crippen LogP contribution in [0, 0.1) is 12.1 Å². The normalized spacial score (nSPS) is 10.2. The van der Waals surface area contributed by atoms with E-state index >= 15 is 0 Å². The Hall–Kier alpha value is -1.96. The van der Waals surface area contributed by atoms with Crippen molar-refractivity contribution in [3.05, 3.63) is 48.5 Å². The minimum atomic E-state index is 0.637. The monoisotopic (exact) mass is 254 g/mol. The van der Waals surface area contributed by atoms with Crippen LogP contribution in [0.2, 0.25) is 0 Å². The molecule has 2 heteroatoms. The van der Waals surface area contributed by atoms with Crippen LogP contribution in [-0.4, -0.2) is 13.2 Å². The number of hydrogen-bond donors (Lipinski definition) is 0. The van der Waals surface area contributed by atoms with Crippen LogP contribution in [0.15, 0.2) is 36.4 Å². The lowest BCUT2D eigenvalue weighted by molar-refractivity contribution is 0.318. The predicted molar refractivity (Wildman–Crippen MR) is 76.5 cm³/mol. The topological polar surface area (TPSA) is 18.5 Å². The van der Waals surface area contributed by atoms with E-state index in [4.69, 9.17) is 9.47 Å². The van der Waals surface area contributed by atoms with E-state index in [0.29, 0.717) is 13.2 Å². The summed E-state index contributed by atoms with van der Waals surface area (Å²) < 4.78 is 11.2. The first-order chi connectivity index (χ1) is 9.35. The van der Waals surface area contributed by atoms with Crippen LogP contribution in [0.1, 0.15) is 20.3 Å². The first-order valence-corrected chi connectivity index (χ1v) is 6.64. The average molecular weight is 254 g/mol. The van der Waals surface area contributed by atoms with Crippen LogP contribution in [0.3, 0.4) is 0 Å². The Kier molecular flexibility index (Phi) is 4.85. The molecule has 2 nitrogen and oxygen atoms in total. The lowest BCUT2D eigenvalue weighted by Crippen LogP contribution is -1.97. The smallest absolute Gasteiger partial charge is 0.127 e. The molecule has 0 aromatic heterocycles. The van der Waals surface area contributed by atoms with E-state index in [0.717, 1.165) is 29.0 Å². The van der Waals surface area contributed by atoms with Crippen molar-refractivity contribution in [2.45, 2.75) is 20.3 Å². The highest BCUT2D eigenvalue weighted by Gasteiger charge is 2.07. The van der Waals surface area contributed by atoms with Gasteiger partial charge in [0.05, 0.1) is 13.2 Å². The maximum atomic E-state index is 5.75. The van der Waals surface area contributed by atoms with Crippen molar-refractivity contribution < 1.29 is 9.47 Å². The minimum Gasteiger partial charge on any atom is -0.493 e. The molecule has 0 aliphatic heterocycles. The summed E-state index contributed by atoms with van der Waals surface area (Å²) in [6, 6.07) is 18.1. The molecule has 0 aliphatic carbocycles. The zero-order valence-corrected chi connectivity index (χ0v) is 11.4. The van der Waals surface area contributed by atoms with Gasteiger partial charge < -0.3 is 9.47 Å². The summed E-state index contributed by atoms with van der Waals surface area (Å²) in [5.41, 5.74) is 1.87. The third-order valence-electron chi connectivity index (χ3n) is 2.62. The third kappa shape index (κ3) is 3.50. The summed E-state index contributed by atoms with van der Waals surface area (Å²) in [4.78, 5) is 0. The van der Waals surface area contributed by atoms with Gasteiger partial charge in [0.25, 0.3) is 0 Å². The Morgan fingerprint density at radius 3 is 2.74 bits per heavy atom. The van der Waals surface area contributed by atoms with Crippen molar-refractivity contribution in [2.24, 2.45) is 0 Å². The highest BCUT2D eigenvalue weighted by molar-refractivity contribution is 5.70. The number of ether oxygens (including phenoxy) is 2. The van der Waals surface area contributed by atoms with Gasteiger partial charge in [0.15, 0.2) is 0 Å². The second-order valence-corrected chi connectivity index (χ2v) is 4.12. The van der Waals surface area contributed by atoms with E-state index in [-0.39, 0.29) is 0 Å². The predicted octanol–water partition coefficient (Wildman–Crippen LogP) is 4.14. The number of hydrogen-bond acceptors (Lipinski definition) is 2. The molecule has 0 heterocycles. The van der Waals surface area contributed by atoms with Crippen LogP contribution in [0.4, 0.5) is 0 Å². The van der Waals surface area contributed by atoms with Gasteiger partial charge in [0, 0.05) is 11.6 Å². The van der Waals surface area contributed by atoms with Crippen LogP contribution >= 0.6 is 0 Å². The fraction of sp³-hybridized carbons (Fsp3) is 0.294. The van der Waals surface area contributed by atoms with Crippen LogP contribution in [0.25, 0.3) is 11.1 Å². The fourth-order valence-electron chi connectivity index (χ4n) is 1.80. The van der Waals surface area contributed by atoms with Gasteiger partial charge in [-0.05, 0) is 37.1 Å². The Morgan fingerprint density at radius 1 is 1.05 bits per heavy atom. The van der Waals surface area contributed by atoms with Crippen LogP contribution in [-0.2, 0) is 0 Å². The molecule has 0 amide bonds. The molecular formula is C17H18O2. The lowest BCUT2D eigenvalue weighted by Gasteiger charge is -2.11. The standard InChI is InChI=1S/C17H18O2/c1-3-12-19-17-11-6-5-10-16(17)14-8-7-9-15(13-14)18-4-2/h5-9,11H,3-4,12H2,1-2H3. The highest BCUT2D eigenvalue weighted by Crippen LogP contribution is 2.31. The molecule has 2 rings (SSSR count). The fourth-order valence-corrected chi connectivity index (χ4v) is 1.80. The first kappa shape index (κ1) is 13.5. The largest absolute Gasteiger partial charge is 0.493 e. The van der Waals surface area contributed by atoms with E-state index in [1.807, 2.05) is 43.3 Å². The lowest BCUT2D eigenvalue weighted by atomic mass is 10.0. The van der Waals surface area contributed by atoms with Gasteiger partial charge in [0.1, 0.15) is 11.5 Å². The molecule has 2 aromatic carbocycles. The second kappa shape index (κ2) is 6.83. The molecule has 0 unspecified atom stereocenters. The van der Waals surface area contributed by atoms with Crippen LogP contribution < -0.4 is 9.47 Å². The summed E-state index contributed by atoms with van der Waals surface area (Å²) in [5.74, 6) is 1.59. The summed E-state index contributed by atoms with van der Waals surface area (Å²) in [7, 11) is 0. The van der Waals surface area contributed by atoms with Crippen LogP contribution in [0.5, 0.6) is 11.5 Å². The Morgan fingerprint density at radius 2 is 1.95 bits per heavy atom. The molecule has 19 heavy (non-hydrogen) atoms. The highest BCUT2D eigenvalue weighted by atomic mass is 16.5. The zero-order chi connectivity index (χ0) is 13.5. The SMILES string of the molecule is CCCOc1ccc[c]c1-c1[c]c(OCC)ccc1. The van der Waals surface area contributed by atoms with E-state index in [2.05, 4.69) is 19.1 Å². The van der Waals surface area contributed by atoms with Gasteiger partial charge in [-0.25, -0.2) is 0 Å². The average Bonchev–Trinajstić information content (AvgIpc) is 2.46. The molecule has 0 fully saturated rings. The van der Waals surface area contributed by atoms with Gasteiger partial charge in [-0.15, -0.1) is 0 Å². The van der Waals surface area contributed by atoms with E-state index in [1.165, 1.54) is 0 Å². The number of rotatable bonds is 6. The van der Waals surface area contributed by atoms with Gasteiger partial charge >= 0.3 is 0 Å². The van der Waals surface area contributed by atoms with Crippen molar-refractivity contribution in [3.8, 4) is 22.6 Å². The molecule has 98 valence electrons. The van der Waals surface area contributed by atoms with Crippen molar-refractivity contribution in [1.82, 2.24) is 0 Å². The molecule has 0 N–H and O–H groups in total. The Balaban J connectivity index is 2.32. The van der Waals surface area contributed by atoms with Gasteiger partial charge in [-0.2, -0.15) is 0 Å². The molecule has 2 aromatic rings. The number of benzene rings is 2. The molecule has 0 spiro atoms. The minimum absolute atomic E-state index is 0.637. The summed E-state index contributed by atoms with van der Waals surface area (Å²) in [5, 5.41) is 0. The molecule has 0 saturated carbocycles. The summed E-state index contributed by atoms with van der Waals surface area (Å²) >= 11 is 0. The van der Waals surface area contributed by atoms with Crippen molar-refractivity contribution in [3.63, 3.8) is 0 Å². The summed E-state index contributed by atoms with van der Waals surface area (Å²) in [6.45, 7) is 5.40. The van der Waals surface area contributed by atoms with Gasteiger partial charge in [0.2, 0.25) is 0 Å². The van der Waals surface area contributed by atoms with Gasteiger partial charge in [-0.3, -0.25) is 0 Å². The molecular weight excluding hydrogens is 236 g/mol. The molecule has 0 saturated heterocycles. The second-order valence-electron chi connectivity index (χ2n) is 4.12. The summed E-state index contributed by atoms with van der Waals surface area (Å²) in [6.07, 6.45) is 0.983. The van der Waals surface area contributed by atoms with E-state index in [9.17, 15) is 0 Å². The Bertz CT molecular complexity index is 520. The van der Waals surface area contributed by atoms with Crippen molar-refractivity contribution in [2.75, 3.05) is 13.2 Å². The molecule has 2 radical (unpaired) electrons. The van der Waals surface area contributed by atoms with Crippen molar-refractivity contribution >= 4 is 0 Å². The van der Waals surface area contributed by atoms with E-state index < -0.39 is 0 Å². The van der Waals surface area contributed by atoms with Crippen molar-refractivity contribution in [1.29, 1.82) is 0 Å². The first-order valence-electron chi connectivity index (χ1n) is 6.64. The maximum Gasteiger partial charge on any atom is 0.127 e. The molecule has 0 bridgehead atoms.